The highest BCUT2D eigenvalue weighted by atomic mass is 16.5. The second-order valence-corrected chi connectivity index (χ2v) is 6.14. The number of amides is 2. The summed E-state index contributed by atoms with van der Waals surface area (Å²) < 4.78 is 15.2. The van der Waals surface area contributed by atoms with Crippen molar-refractivity contribution in [1.82, 2.24) is 0 Å². The first kappa shape index (κ1) is 21.7. The summed E-state index contributed by atoms with van der Waals surface area (Å²) in [6, 6.07) is 12.3. The smallest absolute Gasteiger partial charge is 0.306 e. The number of rotatable bonds is 9. The lowest BCUT2D eigenvalue weighted by atomic mass is 10.2. The van der Waals surface area contributed by atoms with Crippen LogP contribution in [-0.2, 0) is 19.1 Å². The van der Waals surface area contributed by atoms with Crippen molar-refractivity contribution < 1.29 is 28.6 Å². The number of ether oxygens (including phenoxy) is 3. The number of esters is 1. The molecule has 0 atom stereocenters. The number of nitrogens with one attached hydrogen (secondary N) is 2. The van der Waals surface area contributed by atoms with Gasteiger partial charge in [0.25, 0.3) is 5.91 Å². The monoisotopic (exact) mass is 400 g/mol. The Morgan fingerprint density at radius 1 is 0.862 bits per heavy atom. The molecule has 29 heavy (non-hydrogen) atoms. The predicted octanol–water partition coefficient (Wildman–Crippen LogP) is 2.91. The number of para-hydroxylation sites is 1. The van der Waals surface area contributed by atoms with Crippen LogP contribution in [0.2, 0.25) is 0 Å². The third kappa shape index (κ3) is 6.84. The predicted molar refractivity (Wildman–Crippen MR) is 108 cm³/mol. The van der Waals surface area contributed by atoms with E-state index in [0.29, 0.717) is 22.9 Å². The molecule has 0 fully saturated rings. The molecule has 2 rings (SSSR count). The van der Waals surface area contributed by atoms with Crippen LogP contribution in [0.4, 0.5) is 11.4 Å². The summed E-state index contributed by atoms with van der Waals surface area (Å²) in [5.41, 5.74) is 2.01. The van der Waals surface area contributed by atoms with Gasteiger partial charge in [0.05, 0.1) is 26.3 Å². The van der Waals surface area contributed by atoms with Crippen molar-refractivity contribution in [2.24, 2.45) is 0 Å². The first-order valence-electron chi connectivity index (χ1n) is 8.96. The summed E-state index contributed by atoms with van der Waals surface area (Å²) >= 11 is 0. The van der Waals surface area contributed by atoms with Gasteiger partial charge in [-0.1, -0.05) is 18.2 Å². The van der Waals surface area contributed by atoms with Gasteiger partial charge in [-0.3, -0.25) is 14.4 Å². The number of anilines is 2. The summed E-state index contributed by atoms with van der Waals surface area (Å²) in [7, 11) is 2.98. The van der Waals surface area contributed by atoms with Crippen molar-refractivity contribution in [3.63, 3.8) is 0 Å². The molecular formula is C21H24N2O6. The number of benzene rings is 2. The Morgan fingerprint density at radius 2 is 1.59 bits per heavy atom. The van der Waals surface area contributed by atoms with E-state index in [1.165, 1.54) is 14.2 Å². The lowest BCUT2D eigenvalue weighted by Crippen LogP contribution is -2.22. The molecule has 154 valence electrons. The molecule has 2 amide bonds. The second-order valence-electron chi connectivity index (χ2n) is 6.14. The molecule has 8 nitrogen and oxygen atoms in total. The number of aryl methyl sites for hydroxylation is 1. The van der Waals surface area contributed by atoms with Gasteiger partial charge < -0.3 is 24.8 Å². The molecule has 0 heterocycles. The summed E-state index contributed by atoms with van der Waals surface area (Å²) in [4.78, 5) is 35.8. The van der Waals surface area contributed by atoms with Gasteiger partial charge >= 0.3 is 5.97 Å². The molecule has 0 bridgehead atoms. The van der Waals surface area contributed by atoms with Crippen LogP contribution in [-0.4, -0.2) is 38.6 Å². The van der Waals surface area contributed by atoms with Crippen molar-refractivity contribution in [3.8, 4) is 11.5 Å². The Balaban J connectivity index is 1.77. The Hall–Kier alpha value is -3.55. The van der Waals surface area contributed by atoms with E-state index in [2.05, 4.69) is 10.6 Å². The number of hydrogen-bond donors (Lipinski definition) is 2. The normalized spacial score (nSPS) is 10.0. The molecule has 0 aromatic heterocycles. The lowest BCUT2D eigenvalue weighted by molar-refractivity contribution is -0.147. The van der Waals surface area contributed by atoms with E-state index < -0.39 is 18.5 Å². The number of methoxy groups -OCH3 is 2. The first-order chi connectivity index (χ1) is 13.9. The summed E-state index contributed by atoms with van der Waals surface area (Å²) in [5.74, 6) is -0.495. The highest BCUT2D eigenvalue weighted by Crippen LogP contribution is 2.28. The van der Waals surface area contributed by atoms with Gasteiger partial charge in [0.2, 0.25) is 5.91 Å². The third-order valence-electron chi connectivity index (χ3n) is 4.02. The average molecular weight is 400 g/mol. The summed E-state index contributed by atoms with van der Waals surface area (Å²) in [6.07, 6.45) is -0.175. The Morgan fingerprint density at radius 3 is 2.28 bits per heavy atom. The van der Waals surface area contributed by atoms with Crippen molar-refractivity contribution in [3.05, 3.63) is 48.0 Å². The topological polar surface area (TPSA) is 103 Å². The largest absolute Gasteiger partial charge is 0.497 e. The Labute approximate surface area is 169 Å². The molecular weight excluding hydrogens is 376 g/mol. The van der Waals surface area contributed by atoms with E-state index in [1.54, 1.807) is 24.3 Å². The quantitative estimate of drug-likeness (QED) is 0.628. The zero-order chi connectivity index (χ0) is 21.2. The zero-order valence-electron chi connectivity index (χ0n) is 16.6. The fourth-order valence-electron chi connectivity index (χ4n) is 2.46. The van der Waals surface area contributed by atoms with Gasteiger partial charge in [-0.2, -0.15) is 0 Å². The minimum absolute atomic E-state index is 0.0432. The fourth-order valence-corrected chi connectivity index (χ4v) is 2.46. The Bertz CT molecular complexity index is 881. The van der Waals surface area contributed by atoms with Gasteiger partial charge in [0.15, 0.2) is 6.61 Å². The minimum Gasteiger partial charge on any atom is -0.497 e. The maximum Gasteiger partial charge on any atom is 0.306 e. The van der Waals surface area contributed by atoms with Gasteiger partial charge in [0.1, 0.15) is 11.5 Å². The second kappa shape index (κ2) is 10.7. The molecule has 0 radical (unpaired) electrons. The van der Waals surface area contributed by atoms with Gasteiger partial charge in [0, 0.05) is 18.2 Å². The van der Waals surface area contributed by atoms with Gasteiger partial charge in [-0.25, -0.2) is 0 Å². The molecule has 2 aromatic carbocycles. The first-order valence-corrected chi connectivity index (χ1v) is 8.96. The minimum atomic E-state index is -0.641. The molecule has 0 spiro atoms. The van der Waals surface area contributed by atoms with Crippen molar-refractivity contribution >= 4 is 29.2 Å². The average Bonchev–Trinajstić information content (AvgIpc) is 2.72. The molecule has 2 N–H and O–H groups in total. The van der Waals surface area contributed by atoms with Crippen molar-refractivity contribution in [2.45, 2.75) is 19.8 Å². The van der Waals surface area contributed by atoms with Crippen LogP contribution in [0.25, 0.3) is 0 Å². The third-order valence-corrected chi connectivity index (χ3v) is 4.02. The van der Waals surface area contributed by atoms with Crippen molar-refractivity contribution in [1.29, 1.82) is 0 Å². The van der Waals surface area contributed by atoms with E-state index in [4.69, 9.17) is 14.2 Å². The standard InChI is InChI=1S/C21H24N2O6/c1-14-6-4-5-7-16(14)22-19(24)10-11-21(26)29-13-20(25)23-17-12-15(27-2)8-9-18(17)28-3/h4-9,12H,10-11,13H2,1-3H3,(H,22,24)(H,23,25). The van der Waals surface area contributed by atoms with Gasteiger partial charge in [-0.05, 0) is 30.7 Å². The van der Waals surface area contributed by atoms with Crippen LogP contribution in [0.15, 0.2) is 42.5 Å². The van der Waals surface area contributed by atoms with Crippen LogP contribution in [0.1, 0.15) is 18.4 Å². The number of carbonyl (C=O) groups is 3. The van der Waals surface area contributed by atoms with Gasteiger partial charge in [-0.15, -0.1) is 0 Å². The van der Waals surface area contributed by atoms with E-state index in [0.717, 1.165) is 5.56 Å². The lowest BCUT2D eigenvalue weighted by Gasteiger charge is -2.12. The molecule has 0 saturated carbocycles. The van der Waals surface area contributed by atoms with Crippen LogP contribution in [0, 0.1) is 6.92 Å². The molecule has 0 saturated heterocycles. The number of carbonyl (C=O) groups excluding carboxylic acids is 3. The zero-order valence-corrected chi connectivity index (χ0v) is 16.6. The van der Waals surface area contributed by atoms with E-state index in [-0.39, 0.29) is 18.7 Å². The van der Waals surface area contributed by atoms with Crippen LogP contribution >= 0.6 is 0 Å². The Kier molecular flexibility index (Phi) is 8.02. The molecule has 0 aliphatic carbocycles. The number of hydrogen-bond acceptors (Lipinski definition) is 6. The van der Waals surface area contributed by atoms with Crippen LogP contribution < -0.4 is 20.1 Å². The molecule has 0 aliphatic rings. The summed E-state index contributed by atoms with van der Waals surface area (Å²) in [6.45, 7) is 1.40. The van der Waals surface area contributed by atoms with E-state index >= 15 is 0 Å². The molecule has 0 unspecified atom stereocenters. The van der Waals surface area contributed by atoms with E-state index in [1.807, 2.05) is 25.1 Å². The highest BCUT2D eigenvalue weighted by molar-refractivity contribution is 5.95. The fraction of sp³-hybridized carbons (Fsp3) is 0.286. The highest BCUT2D eigenvalue weighted by Gasteiger charge is 2.13. The van der Waals surface area contributed by atoms with Crippen LogP contribution in [0.3, 0.4) is 0 Å². The van der Waals surface area contributed by atoms with E-state index in [9.17, 15) is 14.4 Å². The SMILES string of the molecule is COc1ccc(OC)c(NC(=O)COC(=O)CCC(=O)Nc2ccccc2C)c1. The molecule has 8 heteroatoms. The summed E-state index contributed by atoms with van der Waals surface area (Å²) in [5, 5.41) is 5.33. The van der Waals surface area contributed by atoms with Crippen molar-refractivity contribution in [2.75, 3.05) is 31.5 Å². The molecule has 0 aliphatic heterocycles. The van der Waals surface area contributed by atoms with Crippen LogP contribution in [0.5, 0.6) is 11.5 Å². The maximum absolute atomic E-state index is 12.0. The maximum atomic E-state index is 12.0. The molecule has 2 aromatic rings.